The molecule has 0 unspecified atom stereocenters. The van der Waals surface area contributed by atoms with Gasteiger partial charge in [0.15, 0.2) is 23.0 Å². The number of nitrogens with one attached hydrogen (secondary N) is 2. The zero-order valence-corrected chi connectivity index (χ0v) is 36.4. The zero-order valence-electron chi connectivity index (χ0n) is 35.6. The number of rotatable bonds is 12. The molecule has 0 spiro atoms. The predicted molar refractivity (Wildman–Crippen MR) is 247 cm³/mol. The van der Waals surface area contributed by atoms with Gasteiger partial charge in [-0.25, -0.2) is 18.7 Å². The summed E-state index contributed by atoms with van der Waals surface area (Å²) in [6, 6.07) is 30.8. The molecule has 2 N–H and O–H groups in total. The molecule has 65 heavy (non-hydrogen) atoms. The molecule has 10 rings (SSSR count). The van der Waals surface area contributed by atoms with E-state index < -0.39 is 11.7 Å². The average Bonchev–Trinajstić information content (AvgIpc) is 4.16. The monoisotopic (exact) mass is 890 g/mol. The Morgan fingerprint density at radius 3 is 1.88 bits per heavy atom. The summed E-state index contributed by atoms with van der Waals surface area (Å²) < 4.78 is 45.7. The summed E-state index contributed by atoms with van der Waals surface area (Å²) in [5.41, 5.74) is 7.54. The number of benzene rings is 4. The number of hydrogen-bond acceptors (Lipinski definition) is 6. The molecule has 2 fully saturated rings. The summed E-state index contributed by atoms with van der Waals surface area (Å²) in [6.07, 6.45) is 12.2. The number of hydrogen-bond donors (Lipinski definition) is 2. The minimum atomic E-state index is -0.470. The second-order valence-electron chi connectivity index (χ2n) is 16.9. The van der Waals surface area contributed by atoms with Gasteiger partial charge >= 0.3 is 0 Å². The molecule has 0 saturated heterocycles. The average molecular weight is 891 g/mol. The smallest absolute Gasteiger partial charge is 0.291 e. The van der Waals surface area contributed by atoms with Crippen LogP contribution >= 0.6 is 11.6 Å². The van der Waals surface area contributed by atoms with Crippen LogP contribution in [0.15, 0.2) is 131 Å². The molecule has 0 radical (unpaired) electrons. The highest BCUT2D eigenvalue weighted by Gasteiger charge is 2.29. The van der Waals surface area contributed by atoms with Crippen LogP contribution in [0, 0.1) is 18.6 Å². The van der Waals surface area contributed by atoms with E-state index in [0.717, 1.165) is 68.2 Å². The van der Waals surface area contributed by atoms with Crippen LogP contribution in [0.2, 0.25) is 5.02 Å². The van der Waals surface area contributed by atoms with E-state index in [1.165, 1.54) is 24.3 Å². The van der Waals surface area contributed by atoms with E-state index in [2.05, 4.69) is 19.8 Å². The fourth-order valence-corrected chi connectivity index (χ4v) is 9.57. The summed E-state index contributed by atoms with van der Waals surface area (Å²) >= 11 is 6.93. The van der Waals surface area contributed by atoms with Crippen LogP contribution in [0.25, 0.3) is 45.4 Å². The van der Waals surface area contributed by atoms with Crippen molar-refractivity contribution in [2.24, 2.45) is 0 Å². The van der Waals surface area contributed by atoms with Gasteiger partial charge in [0.1, 0.15) is 23.0 Å². The quantitative estimate of drug-likeness (QED) is 0.126. The van der Waals surface area contributed by atoms with E-state index >= 15 is 4.39 Å². The van der Waals surface area contributed by atoms with Crippen molar-refractivity contribution < 1.29 is 27.2 Å². The van der Waals surface area contributed by atoms with E-state index in [1.54, 1.807) is 67.0 Å². The second-order valence-corrected chi connectivity index (χ2v) is 17.3. The number of halogens is 3. The third kappa shape index (κ3) is 8.53. The van der Waals surface area contributed by atoms with Crippen LogP contribution < -0.4 is 10.6 Å². The van der Waals surface area contributed by atoms with Crippen molar-refractivity contribution in [2.75, 3.05) is 10.6 Å². The Morgan fingerprint density at radius 1 is 0.662 bits per heavy atom. The Kier molecular flexibility index (Phi) is 11.5. The normalized spacial score (nSPS) is 14.3. The first-order valence-electron chi connectivity index (χ1n) is 22.0. The Bertz CT molecular complexity index is 3040. The highest BCUT2D eigenvalue weighted by Crippen LogP contribution is 2.42. The van der Waals surface area contributed by atoms with Gasteiger partial charge in [-0.05, 0) is 141 Å². The third-order valence-electron chi connectivity index (χ3n) is 12.7. The molecule has 4 heterocycles. The van der Waals surface area contributed by atoms with E-state index in [1.807, 2.05) is 37.5 Å². The maximum atomic E-state index is 15.1. The number of nitrogens with zero attached hydrogens (tertiary/aromatic N) is 4. The predicted octanol–water partition coefficient (Wildman–Crippen LogP) is 13.5. The molecule has 0 atom stereocenters. The highest BCUT2D eigenvalue weighted by atomic mass is 35.5. The van der Waals surface area contributed by atoms with Gasteiger partial charge in [-0.2, -0.15) is 0 Å². The topological polar surface area (TPSA) is 120 Å². The number of carbonyl (C=O) groups is 2. The fraction of sp³-hybridized carbons (Fsp3) is 0.231. The molecule has 2 aliphatic carbocycles. The van der Waals surface area contributed by atoms with Crippen LogP contribution in [0.3, 0.4) is 0 Å². The van der Waals surface area contributed by atoms with Crippen molar-refractivity contribution in [3.8, 4) is 45.4 Å². The number of imidazole rings is 2. The van der Waals surface area contributed by atoms with E-state index in [-0.39, 0.29) is 41.7 Å². The minimum absolute atomic E-state index is 0.0947. The summed E-state index contributed by atoms with van der Waals surface area (Å²) in [5, 5.41) is 6.22. The van der Waals surface area contributed by atoms with Gasteiger partial charge in [-0.15, -0.1) is 0 Å². The lowest BCUT2D eigenvalue weighted by Crippen LogP contribution is -2.11. The van der Waals surface area contributed by atoms with Gasteiger partial charge < -0.3 is 28.6 Å². The lowest BCUT2D eigenvalue weighted by Gasteiger charge is -2.16. The summed E-state index contributed by atoms with van der Waals surface area (Å²) in [5.74, 6) is -0.392. The van der Waals surface area contributed by atoms with Gasteiger partial charge in [0.25, 0.3) is 11.8 Å². The fourth-order valence-electron chi connectivity index (χ4n) is 9.32. The Hall–Kier alpha value is -7.05. The van der Waals surface area contributed by atoms with Gasteiger partial charge in [0.2, 0.25) is 0 Å². The van der Waals surface area contributed by atoms with Crippen molar-refractivity contribution in [2.45, 2.75) is 76.8 Å². The standard InChI is InChI=1S/C52H45ClF2N6O4/c1-31-8-2-7-13-42(31)59-52(63)46-25-23-44(65-46)50-48(57-30-61(50)39-11-5-6-12-39)40-21-19-36(55)27-34(40)26-33-16-20-37(28-41(33)53)58-51(62)45-24-22-43(64-45)49-47(32-14-17-35(54)18-15-32)56-29-60(49)38-9-3-4-10-38/h2,7-8,13-25,27-30,38-39H,3-6,9-12,26H2,1H3,(H,58,62)(H,59,63). The van der Waals surface area contributed by atoms with Crippen LogP contribution in [-0.4, -0.2) is 30.9 Å². The number of anilines is 2. The summed E-state index contributed by atoms with van der Waals surface area (Å²) in [6.45, 7) is 1.93. The first-order valence-corrected chi connectivity index (χ1v) is 22.4. The highest BCUT2D eigenvalue weighted by molar-refractivity contribution is 6.31. The minimum Gasteiger partial charge on any atom is -0.449 e. The van der Waals surface area contributed by atoms with E-state index in [9.17, 15) is 14.0 Å². The van der Waals surface area contributed by atoms with Crippen molar-refractivity contribution >= 4 is 34.8 Å². The summed E-state index contributed by atoms with van der Waals surface area (Å²) in [4.78, 5) is 36.6. The molecule has 2 saturated carbocycles. The van der Waals surface area contributed by atoms with Crippen molar-refractivity contribution in [3.63, 3.8) is 0 Å². The number of carbonyl (C=O) groups excluding carboxylic acids is 2. The van der Waals surface area contributed by atoms with Crippen molar-refractivity contribution in [1.82, 2.24) is 19.1 Å². The van der Waals surface area contributed by atoms with Crippen LogP contribution in [-0.2, 0) is 6.42 Å². The van der Waals surface area contributed by atoms with Crippen molar-refractivity contribution in [1.29, 1.82) is 0 Å². The molecule has 2 aliphatic rings. The lowest BCUT2D eigenvalue weighted by molar-refractivity contribution is 0.0990. The van der Waals surface area contributed by atoms with Crippen LogP contribution in [0.1, 0.15) is 101 Å². The number of para-hydroxylation sites is 1. The molecule has 4 aromatic carbocycles. The Balaban J connectivity index is 0.904. The van der Waals surface area contributed by atoms with Gasteiger partial charge in [0.05, 0.1) is 24.0 Å². The molecule has 13 heteroatoms. The SMILES string of the molecule is Cc1ccccc1NC(=O)c1ccc(-c2c(-c3ccc(F)cc3Cc3ccc(NC(=O)c4ccc(-c5c(-c6ccc(F)cc6)ncn5C5CCCC5)o4)cc3Cl)ncn2C2CCCC2)o1. The van der Waals surface area contributed by atoms with Gasteiger partial charge in [-0.1, -0.05) is 61.5 Å². The third-order valence-corrected chi connectivity index (χ3v) is 13.0. The van der Waals surface area contributed by atoms with Crippen LogP contribution in [0.5, 0.6) is 0 Å². The van der Waals surface area contributed by atoms with E-state index in [0.29, 0.717) is 61.7 Å². The number of amides is 2. The molecule has 0 bridgehead atoms. The Morgan fingerprint density at radius 2 is 1.25 bits per heavy atom. The molecule has 328 valence electrons. The molecular weight excluding hydrogens is 846 g/mol. The largest absolute Gasteiger partial charge is 0.449 e. The zero-order chi connectivity index (χ0) is 44.6. The first kappa shape index (κ1) is 41.9. The number of aryl methyl sites for hydroxylation is 1. The number of aromatic nitrogens is 4. The molecule has 0 aliphatic heterocycles. The lowest BCUT2D eigenvalue weighted by atomic mass is 9.96. The molecular formula is C52H45ClF2N6O4. The van der Waals surface area contributed by atoms with Gasteiger partial charge in [-0.3, -0.25) is 9.59 Å². The molecule has 10 nitrogen and oxygen atoms in total. The van der Waals surface area contributed by atoms with Crippen LogP contribution in [0.4, 0.5) is 20.2 Å². The maximum Gasteiger partial charge on any atom is 0.291 e. The molecule has 4 aromatic heterocycles. The number of furan rings is 2. The first-order chi connectivity index (χ1) is 31.7. The Labute approximate surface area is 379 Å². The molecule has 8 aromatic rings. The van der Waals surface area contributed by atoms with Crippen molar-refractivity contribution in [3.05, 3.63) is 167 Å². The maximum absolute atomic E-state index is 15.1. The second kappa shape index (κ2) is 17.8. The van der Waals surface area contributed by atoms with E-state index in [4.69, 9.17) is 30.4 Å². The summed E-state index contributed by atoms with van der Waals surface area (Å²) in [7, 11) is 0. The van der Waals surface area contributed by atoms with Gasteiger partial charge in [0, 0.05) is 39.6 Å². The molecule has 2 amide bonds.